The Morgan fingerprint density at radius 3 is 2.80 bits per heavy atom. The number of nitrogens with zero attached hydrogens (tertiary/aromatic N) is 5. The van der Waals surface area contributed by atoms with Crippen LogP contribution in [0.4, 0.5) is 0 Å². The van der Waals surface area contributed by atoms with Crippen molar-refractivity contribution in [2.45, 2.75) is 23.7 Å². The second-order valence-corrected chi connectivity index (χ2v) is 5.39. The number of hydrogen-bond acceptors (Lipinski definition) is 6. The van der Waals surface area contributed by atoms with Gasteiger partial charge in [0, 0.05) is 39.9 Å². The molecule has 0 radical (unpaired) electrons. The molecule has 0 aromatic carbocycles. The third kappa shape index (κ3) is 3.38. The number of rotatable bonds is 7. The van der Waals surface area contributed by atoms with Gasteiger partial charge < -0.3 is 10.1 Å². The van der Waals surface area contributed by atoms with Crippen LogP contribution in [0.15, 0.2) is 16.5 Å². The number of aromatic nitrogens is 5. The largest absolute Gasteiger partial charge is 0.383 e. The molecule has 7 nitrogen and oxygen atoms in total. The van der Waals surface area contributed by atoms with Gasteiger partial charge in [-0.25, -0.2) is 9.67 Å². The third-order valence-electron chi connectivity index (χ3n) is 2.93. The molecule has 20 heavy (non-hydrogen) atoms. The van der Waals surface area contributed by atoms with E-state index in [9.17, 15) is 0 Å². The summed E-state index contributed by atoms with van der Waals surface area (Å²) in [5.74, 6) is 0. The number of nitrogens with one attached hydrogen (secondary N) is 1. The lowest BCUT2D eigenvalue weighted by Crippen LogP contribution is -2.19. The molecule has 0 spiro atoms. The van der Waals surface area contributed by atoms with Crippen LogP contribution in [-0.4, -0.2) is 44.8 Å². The van der Waals surface area contributed by atoms with Crippen molar-refractivity contribution >= 4 is 11.8 Å². The molecular formula is C12H20N6OS. The van der Waals surface area contributed by atoms with Crippen LogP contribution in [0.1, 0.15) is 11.3 Å². The van der Waals surface area contributed by atoms with E-state index in [1.807, 2.05) is 25.7 Å². The minimum atomic E-state index is 0.699. The van der Waals surface area contributed by atoms with Crippen LogP contribution in [0, 0.1) is 6.92 Å². The second-order valence-electron chi connectivity index (χ2n) is 4.43. The zero-order chi connectivity index (χ0) is 14.5. The fourth-order valence-electron chi connectivity index (χ4n) is 1.86. The summed E-state index contributed by atoms with van der Waals surface area (Å²) >= 11 is 1.58. The molecule has 1 N–H and O–H groups in total. The van der Waals surface area contributed by atoms with Crippen LogP contribution in [0.2, 0.25) is 0 Å². The summed E-state index contributed by atoms with van der Waals surface area (Å²) in [5, 5.41) is 13.9. The lowest BCUT2D eigenvalue weighted by molar-refractivity contribution is 0.199. The molecule has 0 aliphatic heterocycles. The molecule has 2 rings (SSSR count). The predicted octanol–water partition coefficient (Wildman–Crippen LogP) is 0.744. The van der Waals surface area contributed by atoms with E-state index in [1.54, 1.807) is 29.9 Å². The number of aryl methyl sites for hydroxylation is 3. The molecule has 0 unspecified atom stereocenters. The Kier molecular flexibility index (Phi) is 5.16. The third-order valence-corrected chi connectivity index (χ3v) is 4.19. The molecule has 110 valence electrons. The molecule has 2 aromatic heterocycles. The summed E-state index contributed by atoms with van der Waals surface area (Å²) in [6.45, 7) is 4.31. The Morgan fingerprint density at radius 2 is 2.15 bits per heavy atom. The van der Waals surface area contributed by atoms with Crippen LogP contribution in [0.5, 0.6) is 0 Å². The highest BCUT2D eigenvalue weighted by Gasteiger charge is 2.16. The van der Waals surface area contributed by atoms with E-state index < -0.39 is 0 Å². The molecule has 0 atom stereocenters. The standard InChI is InChI=1S/C12H20N6OS/c1-9-10(7-13-5-6-19-4)11(17(2)16-9)20-12-14-8-15-18(12)3/h8,13H,5-7H2,1-4H3. The monoisotopic (exact) mass is 296 g/mol. The van der Waals surface area contributed by atoms with E-state index in [4.69, 9.17) is 4.74 Å². The van der Waals surface area contributed by atoms with Crippen LogP contribution < -0.4 is 5.32 Å². The highest BCUT2D eigenvalue weighted by Crippen LogP contribution is 2.29. The summed E-state index contributed by atoms with van der Waals surface area (Å²) in [5.41, 5.74) is 2.22. The topological polar surface area (TPSA) is 69.8 Å². The second kappa shape index (κ2) is 6.87. The van der Waals surface area contributed by atoms with Gasteiger partial charge >= 0.3 is 0 Å². The van der Waals surface area contributed by atoms with Gasteiger partial charge in [0.2, 0.25) is 0 Å². The van der Waals surface area contributed by atoms with E-state index in [0.717, 1.165) is 29.0 Å². The van der Waals surface area contributed by atoms with Gasteiger partial charge in [0.15, 0.2) is 5.16 Å². The van der Waals surface area contributed by atoms with Crippen LogP contribution in [0.3, 0.4) is 0 Å². The normalized spacial score (nSPS) is 11.2. The maximum absolute atomic E-state index is 5.04. The van der Waals surface area contributed by atoms with Gasteiger partial charge in [0.1, 0.15) is 11.4 Å². The van der Waals surface area contributed by atoms with E-state index >= 15 is 0 Å². The first kappa shape index (κ1) is 15.0. The summed E-state index contributed by atoms with van der Waals surface area (Å²) < 4.78 is 8.69. The molecule has 0 amide bonds. The highest BCUT2D eigenvalue weighted by atomic mass is 32.2. The molecular weight excluding hydrogens is 276 g/mol. The summed E-state index contributed by atoms with van der Waals surface area (Å²) in [7, 11) is 5.53. The number of methoxy groups -OCH3 is 1. The van der Waals surface area contributed by atoms with Crippen molar-refractivity contribution in [3.63, 3.8) is 0 Å². The van der Waals surface area contributed by atoms with Crippen molar-refractivity contribution in [3.8, 4) is 0 Å². The van der Waals surface area contributed by atoms with E-state index in [-0.39, 0.29) is 0 Å². The zero-order valence-corrected chi connectivity index (χ0v) is 13.1. The average Bonchev–Trinajstić information content (AvgIpc) is 2.92. The fourth-order valence-corrected chi connectivity index (χ4v) is 2.83. The van der Waals surface area contributed by atoms with Crippen LogP contribution in [-0.2, 0) is 25.4 Å². The predicted molar refractivity (Wildman–Crippen MR) is 76.7 cm³/mol. The smallest absolute Gasteiger partial charge is 0.192 e. The fraction of sp³-hybridized carbons (Fsp3) is 0.583. The quantitative estimate of drug-likeness (QED) is 0.760. The molecule has 0 saturated carbocycles. The van der Waals surface area contributed by atoms with E-state index in [0.29, 0.717) is 6.61 Å². The lowest BCUT2D eigenvalue weighted by atomic mass is 10.2. The summed E-state index contributed by atoms with van der Waals surface area (Å²) in [6.07, 6.45) is 1.56. The first-order valence-corrected chi connectivity index (χ1v) is 7.19. The lowest BCUT2D eigenvalue weighted by Gasteiger charge is -2.07. The Labute approximate surface area is 122 Å². The van der Waals surface area contributed by atoms with Crippen LogP contribution in [0.25, 0.3) is 0 Å². The van der Waals surface area contributed by atoms with Gasteiger partial charge in [-0.05, 0) is 18.7 Å². The van der Waals surface area contributed by atoms with Gasteiger partial charge in [-0.1, -0.05) is 0 Å². The van der Waals surface area contributed by atoms with Gasteiger partial charge in [-0.3, -0.25) is 4.68 Å². The zero-order valence-electron chi connectivity index (χ0n) is 12.3. The minimum Gasteiger partial charge on any atom is -0.383 e. The molecule has 0 bridgehead atoms. The maximum Gasteiger partial charge on any atom is 0.192 e. The number of ether oxygens (including phenoxy) is 1. The molecule has 0 aliphatic carbocycles. The summed E-state index contributed by atoms with van der Waals surface area (Å²) in [6, 6.07) is 0. The SMILES string of the molecule is COCCNCc1c(C)nn(C)c1Sc1ncnn1C. The Bertz CT molecular complexity index is 564. The van der Waals surface area contributed by atoms with Crippen molar-refractivity contribution in [1.82, 2.24) is 29.9 Å². The average molecular weight is 296 g/mol. The van der Waals surface area contributed by atoms with Gasteiger partial charge in [-0.2, -0.15) is 10.2 Å². The molecule has 0 saturated heterocycles. The van der Waals surface area contributed by atoms with Gasteiger partial charge in [0.25, 0.3) is 0 Å². The summed E-state index contributed by atoms with van der Waals surface area (Å²) in [4.78, 5) is 4.25. The van der Waals surface area contributed by atoms with Crippen molar-refractivity contribution < 1.29 is 4.74 Å². The molecule has 0 aliphatic rings. The van der Waals surface area contributed by atoms with Crippen molar-refractivity contribution in [3.05, 3.63) is 17.6 Å². The molecule has 2 heterocycles. The molecule has 8 heteroatoms. The van der Waals surface area contributed by atoms with E-state index in [1.165, 1.54) is 5.56 Å². The Balaban J connectivity index is 2.13. The first-order valence-electron chi connectivity index (χ1n) is 6.37. The van der Waals surface area contributed by atoms with Crippen LogP contribution >= 0.6 is 11.8 Å². The van der Waals surface area contributed by atoms with Crippen molar-refractivity contribution in [1.29, 1.82) is 0 Å². The van der Waals surface area contributed by atoms with Crippen molar-refractivity contribution in [2.75, 3.05) is 20.3 Å². The highest BCUT2D eigenvalue weighted by molar-refractivity contribution is 7.99. The Morgan fingerprint density at radius 1 is 1.35 bits per heavy atom. The minimum absolute atomic E-state index is 0.699. The molecule has 0 fully saturated rings. The first-order chi connectivity index (χ1) is 9.63. The number of hydrogen-bond donors (Lipinski definition) is 1. The Hall–Kier alpha value is -1.38. The molecule has 2 aromatic rings. The van der Waals surface area contributed by atoms with Crippen molar-refractivity contribution in [2.24, 2.45) is 14.1 Å². The maximum atomic E-state index is 5.04. The van der Waals surface area contributed by atoms with Gasteiger partial charge in [-0.15, -0.1) is 0 Å². The van der Waals surface area contributed by atoms with E-state index in [2.05, 4.69) is 20.5 Å². The van der Waals surface area contributed by atoms with Gasteiger partial charge in [0.05, 0.1) is 12.3 Å².